The lowest BCUT2D eigenvalue weighted by molar-refractivity contribution is 0.0625. The normalized spacial score (nSPS) is 15.0. The number of hydrogen-bond acceptors (Lipinski definition) is 4. The van der Waals surface area contributed by atoms with E-state index in [0.717, 1.165) is 25.4 Å². The monoisotopic (exact) mass is 374 g/mol. The molecule has 0 atom stereocenters. The quantitative estimate of drug-likeness (QED) is 0.805. The van der Waals surface area contributed by atoms with Crippen molar-refractivity contribution in [3.63, 3.8) is 0 Å². The van der Waals surface area contributed by atoms with Crippen LogP contribution in [0.15, 0.2) is 42.5 Å². The molecule has 3 rings (SSSR count). The molecule has 1 aliphatic rings. The van der Waals surface area contributed by atoms with Crippen LogP contribution in [-0.4, -0.2) is 56.1 Å². The average molecular weight is 375 g/mol. The predicted molar refractivity (Wildman–Crippen MR) is 102 cm³/mol. The van der Waals surface area contributed by atoms with Gasteiger partial charge in [-0.1, -0.05) is 23.7 Å². The van der Waals surface area contributed by atoms with Crippen LogP contribution in [0.25, 0.3) is 0 Å². The van der Waals surface area contributed by atoms with Gasteiger partial charge in [-0.3, -0.25) is 9.69 Å². The summed E-state index contributed by atoms with van der Waals surface area (Å²) < 4.78 is 10.6. The minimum Gasteiger partial charge on any atom is -0.497 e. The van der Waals surface area contributed by atoms with Crippen LogP contribution in [-0.2, 0) is 6.54 Å². The molecule has 138 valence electrons. The van der Waals surface area contributed by atoms with Gasteiger partial charge in [0.15, 0.2) is 0 Å². The van der Waals surface area contributed by atoms with Gasteiger partial charge in [-0.15, -0.1) is 0 Å². The summed E-state index contributed by atoms with van der Waals surface area (Å²) in [6, 6.07) is 13.2. The van der Waals surface area contributed by atoms with Gasteiger partial charge in [0.25, 0.3) is 5.91 Å². The zero-order chi connectivity index (χ0) is 18.5. The van der Waals surface area contributed by atoms with E-state index in [4.69, 9.17) is 21.1 Å². The van der Waals surface area contributed by atoms with Gasteiger partial charge in [0, 0.05) is 37.7 Å². The predicted octanol–water partition coefficient (Wildman–Crippen LogP) is 3.32. The Labute approximate surface area is 159 Å². The summed E-state index contributed by atoms with van der Waals surface area (Å²) in [6.07, 6.45) is 0. The summed E-state index contributed by atoms with van der Waals surface area (Å²) in [7, 11) is 3.24. The van der Waals surface area contributed by atoms with Crippen LogP contribution in [0.1, 0.15) is 15.9 Å². The fourth-order valence-corrected chi connectivity index (χ4v) is 3.33. The van der Waals surface area contributed by atoms with Gasteiger partial charge in [0.2, 0.25) is 0 Å². The number of amides is 1. The van der Waals surface area contributed by atoms with Crippen molar-refractivity contribution in [1.82, 2.24) is 9.80 Å². The lowest BCUT2D eigenvalue weighted by atomic mass is 10.1. The van der Waals surface area contributed by atoms with E-state index in [1.165, 1.54) is 5.56 Å². The summed E-state index contributed by atoms with van der Waals surface area (Å²) in [4.78, 5) is 17.0. The molecule has 2 aromatic rings. The Hall–Kier alpha value is -2.24. The molecule has 1 aliphatic heterocycles. The number of benzene rings is 2. The average Bonchev–Trinajstić information content (AvgIpc) is 2.68. The molecular weight excluding hydrogens is 352 g/mol. The van der Waals surface area contributed by atoms with Crippen LogP contribution in [0.4, 0.5) is 0 Å². The SMILES string of the molecule is COc1cccc(CN2CCN(C(=O)c3cc(Cl)ccc3OC)CC2)c1. The molecule has 0 saturated carbocycles. The lowest BCUT2D eigenvalue weighted by Crippen LogP contribution is -2.48. The number of ether oxygens (including phenoxy) is 2. The maximum absolute atomic E-state index is 12.8. The largest absolute Gasteiger partial charge is 0.497 e. The molecule has 2 aromatic carbocycles. The number of rotatable bonds is 5. The number of piperazine rings is 1. The zero-order valence-corrected chi connectivity index (χ0v) is 15.8. The number of halogens is 1. The molecule has 0 spiro atoms. The maximum atomic E-state index is 12.8. The Kier molecular flexibility index (Phi) is 6.01. The molecule has 6 heteroatoms. The summed E-state index contributed by atoms with van der Waals surface area (Å²) in [5, 5.41) is 0.533. The lowest BCUT2D eigenvalue weighted by Gasteiger charge is -2.35. The van der Waals surface area contributed by atoms with Gasteiger partial charge in [0.05, 0.1) is 19.8 Å². The minimum atomic E-state index is -0.0367. The highest BCUT2D eigenvalue weighted by molar-refractivity contribution is 6.31. The van der Waals surface area contributed by atoms with Crippen LogP contribution < -0.4 is 9.47 Å². The van der Waals surface area contributed by atoms with E-state index in [1.54, 1.807) is 32.4 Å². The molecule has 1 amide bonds. The van der Waals surface area contributed by atoms with E-state index in [1.807, 2.05) is 23.1 Å². The van der Waals surface area contributed by atoms with Crippen LogP contribution in [0.3, 0.4) is 0 Å². The minimum absolute atomic E-state index is 0.0367. The Morgan fingerprint density at radius 2 is 1.81 bits per heavy atom. The smallest absolute Gasteiger partial charge is 0.257 e. The summed E-state index contributed by atoms with van der Waals surface area (Å²) in [6.45, 7) is 3.86. The number of hydrogen-bond donors (Lipinski definition) is 0. The maximum Gasteiger partial charge on any atom is 0.257 e. The molecule has 1 fully saturated rings. The van der Waals surface area contributed by atoms with Crippen molar-refractivity contribution in [2.24, 2.45) is 0 Å². The summed E-state index contributed by atoms with van der Waals surface area (Å²) >= 11 is 6.05. The van der Waals surface area contributed by atoms with Crippen LogP contribution in [0.2, 0.25) is 5.02 Å². The Morgan fingerprint density at radius 1 is 1.04 bits per heavy atom. The van der Waals surface area contributed by atoms with Gasteiger partial charge in [-0.05, 0) is 35.9 Å². The highest BCUT2D eigenvalue weighted by atomic mass is 35.5. The van der Waals surface area contributed by atoms with Gasteiger partial charge < -0.3 is 14.4 Å². The summed E-state index contributed by atoms with van der Waals surface area (Å²) in [5.41, 5.74) is 1.72. The highest BCUT2D eigenvalue weighted by Gasteiger charge is 2.24. The first-order valence-electron chi connectivity index (χ1n) is 8.59. The van der Waals surface area contributed by atoms with Crippen molar-refractivity contribution in [3.8, 4) is 11.5 Å². The van der Waals surface area contributed by atoms with E-state index >= 15 is 0 Å². The second-order valence-corrected chi connectivity index (χ2v) is 6.70. The molecule has 0 radical (unpaired) electrons. The van der Waals surface area contributed by atoms with Crippen LogP contribution in [0.5, 0.6) is 11.5 Å². The molecular formula is C20H23ClN2O3. The molecule has 0 N–H and O–H groups in total. The number of carbonyl (C=O) groups is 1. The third-order valence-corrected chi connectivity index (χ3v) is 4.83. The molecule has 0 aromatic heterocycles. The number of carbonyl (C=O) groups excluding carboxylic acids is 1. The van der Waals surface area contributed by atoms with Gasteiger partial charge >= 0.3 is 0 Å². The van der Waals surface area contributed by atoms with Crippen molar-refractivity contribution in [1.29, 1.82) is 0 Å². The number of nitrogens with zero attached hydrogens (tertiary/aromatic N) is 2. The van der Waals surface area contributed by atoms with Gasteiger partial charge in [0.1, 0.15) is 11.5 Å². The molecule has 26 heavy (non-hydrogen) atoms. The van der Waals surface area contributed by atoms with E-state index in [2.05, 4.69) is 11.0 Å². The van der Waals surface area contributed by atoms with Gasteiger partial charge in [-0.2, -0.15) is 0 Å². The molecule has 0 aliphatic carbocycles. The Bertz CT molecular complexity index is 773. The second-order valence-electron chi connectivity index (χ2n) is 6.26. The molecule has 1 saturated heterocycles. The third kappa shape index (κ3) is 4.29. The topological polar surface area (TPSA) is 42.0 Å². The molecule has 1 heterocycles. The Morgan fingerprint density at radius 3 is 2.50 bits per heavy atom. The molecule has 5 nitrogen and oxygen atoms in total. The highest BCUT2D eigenvalue weighted by Crippen LogP contribution is 2.25. The second kappa shape index (κ2) is 8.43. The van der Waals surface area contributed by atoms with Crippen molar-refractivity contribution in [2.45, 2.75) is 6.54 Å². The molecule has 0 unspecified atom stereocenters. The number of methoxy groups -OCH3 is 2. The Balaban J connectivity index is 1.61. The van der Waals surface area contributed by atoms with Gasteiger partial charge in [-0.25, -0.2) is 0 Å². The first kappa shape index (κ1) is 18.5. The van der Waals surface area contributed by atoms with E-state index < -0.39 is 0 Å². The van der Waals surface area contributed by atoms with Crippen LogP contribution in [0, 0.1) is 0 Å². The van der Waals surface area contributed by atoms with Crippen molar-refractivity contribution in [2.75, 3.05) is 40.4 Å². The first-order chi connectivity index (χ1) is 12.6. The van der Waals surface area contributed by atoms with Crippen molar-refractivity contribution < 1.29 is 14.3 Å². The fourth-order valence-electron chi connectivity index (χ4n) is 3.16. The van der Waals surface area contributed by atoms with Crippen molar-refractivity contribution in [3.05, 3.63) is 58.6 Å². The summed E-state index contributed by atoms with van der Waals surface area (Å²) in [5.74, 6) is 1.38. The zero-order valence-electron chi connectivity index (χ0n) is 15.1. The molecule has 0 bridgehead atoms. The van der Waals surface area contributed by atoms with Crippen LogP contribution >= 0.6 is 11.6 Å². The van der Waals surface area contributed by atoms with Crippen molar-refractivity contribution >= 4 is 17.5 Å². The third-order valence-electron chi connectivity index (χ3n) is 4.59. The van der Waals surface area contributed by atoms with E-state index in [-0.39, 0.29) is 5.91 Å². The standard InChI is InChI=1S/C20H23ClN2O3/c1-25-17-5-3-4-15(12-17)14-22-8-10-23(11-9-22)20(24)18-13-16(21)6-7-19(18)26-2/h3-7,12-13H,8-11,14H2,1-2H3. The van der Waals surface area contributed by atoms with E-state index in [0.29, 0.717) is 29.4 Å². The fraction of sp³-hybridized carbons (Fsp3) is 0.350. The first-order valence-corrected chi connectivity index (χ1v) is 8.96. The van der Waals surface area contributed by atoms with E-state index in [9.17, 15) is 4.79 Å².